The van der Waals surface area contributed by atoms with Crippen LogP contribution in [0, 0.1) is 0 Å². The maximum Gasteiger partial charge on any atom is 0.0588 e. The Labute approximate surface area is 80.0 Å². The van der Waals surface area contributed by atoms with E-state index < -0.39 is 0 Å². The monoisotopic (exact) mass is 232 g/mol. The molecule has 1 rings (SSSR count). The molecule has 0 aliphatic rings. The number of rotatable bonds is 2. The normalized spacial score (nSPS) is 13.0. The molecule has 0 amide bonds. The summed E-state index contributed by atoms with van der Waals surface area (Å²) in [6.07, 6.45) is 0. The first kappa shape index (κ1) is 9.10. The molecule has 11 heavy (non-hydrogen) atoms. The summed E-state index contributed by atoms with van der Waals surface area (Å²) in [4.78, 5) is 0. The number of halogens is 1. The molecule has 0 heterocycles. The van der Waals surface area contributed by atoms with Crippen molar-refractivity contribution < 1.29 is 5.11 Å². The number of aliphatic hydroxyl groups is 1. The molecule has 1 N–H and O–H groups in total. The highest BCUT2D eigenvalue weighted by atomic mass is 79.9. The van der Waals surface area contributed by atoms with Gasteiger partial charge in [0.2, 0.25) is 0 Å². The highest BCUT2D eigenvalue weighted by Crippen LogP contribution is 2.20. The summed E-state index contributed by atoms with van der Waals surface area (Å²) < 4.78 is 1.04. The lowest BCUT2D eigenvalue weighted by atomic mass is 10.2. The van der Waals surface area contributed by atoms with Crippen molar-refractivity contribution in [1.82, 2.24) is 0 Å². The van der Waals surface area contributed by atoms with E-state index in [4.69, 9.17) is 5.11 Å². The second-order valence-electron chi connectivity index (χ2n) is 2.25. The molecule has 0 saturated heterocycles. The Morgan fingerprint density at radius 2 is 1.91 bits per heavy atom. The fourth-order valence-corrected chi connectivity index (χ4v) is 1.23. The van der Waals surface area contributed by atoms with Crippen molar-refractivity contribution in [1.29, 1.82) is 0 Å². The van der Waals surface area contributed by atoms with E-state index in [-0.39, 0.29) is 11.9 Å². The Balaban J connectivity index is 2.81. The smallest absolute Gasteiger partial charge is 0.0588 e. The lowest BCUT2D eigenvalue weighted by Gasteiger charge is -2.06. The summed E-state index contributed by atoms with van der Waals surface area (Å²) in [5, 5.41) is 8.70. The minimum absolute atomic E-state index is 0.0666. The SMILES string of the molecule is OCC(S)c1ccc(Br)cc1. The van der Waals surface area contributed by atoms with Gasteiger partial charge in [-0.1, -0.05) is 28.1 Å². The number of aliphatic hydroxyl groups excluding tert-OH is 1. The summed E-state index contributed by atoms with van der Waals surface area (Å²) in [7, 11) is 0. The molecule has 3 heteroatoms. The van der Waals surface area contributed by atoms with Crippen LogP contribution in [0.15, 0.2) is 28.7 Å². The zero-order valence-electron chi connectivity index (χ0n) is 5.87. The predicted molar refractivity (Wildman–Crippen MR) is 53.0 cm³/mol. The van der Waals surface area contributed by atoms with Crippen LogP contribution in [0.5, 0.6) is 0 Å². The molecule has 0 aliphatic carbocycles. The second-order valence-corrected chi connectivity index (χ2v) is 3.79. The summed E-state index contributed by atoms with van der Waals surface area (Å²) in [5.41, 5.74) is 1.04. The minimum Gasteiger partial charge on any atom is -0.395 e. The van der Waals surface area contributed by atoms with E-state index in [0.29, 0.717) is 0 Å². The molecule has 1 unspecified atom stereocenters. The van der Waals surface area contributed by atoms with Gasteiger partial charge in [-0.3, -0.25) is 0 Å². The van der Waals surface area contributed by atoms with Crippen LogP contribution in [0.4, 0.5) is 0 Å². The van der Waals surface area contributed by atoms with Crippen LogP contribution in [-0.2, 0) is 0 Å². The van der Waals surface area contributed by atoms with E-state index in [1.807, 2.05) is 24.3 Å². The molecule has 0 saturated carbocycles. The third kappa shape index (κ3) is 2.51. The maximum absolute atomic E-state index is 8.77. The van der Waals surface area contributed by atoms with Crippen LogP contribution in [0.2, 0.25) is 0 Å². The number of hydrogen-bond acceptors (Lipinski definition) is 2. The first-order valence-electron chi connectivity index (χ1n) is 3.28. The zero-order chi connectivity index (χ0) is 8.27. The fraction of sp³-hybridized carbons (Fsp3) is 0.250. The van der Waals surface area contributed by atoms with E-state index in [2.05, 4.69) is 28.6 Å². The van der Waals surface area contributed by atoms with Crippen LogP contribution < -0.4 is 0 Å². The van der Waals surface area contributed by atoms with E-state index in [9.17, 15) is 0 Å². The molecule has 60 valence electrons. The summed E-state index contributed by atoms with van der Waals surface area (Å²) in [5.74, 6) is 0. The van der Waals surface area contributed by atoms with Gasteiger partial charge in [-0.15, -0.1) is 0 Å². The Morgan fingerprint density at radius 3 is 2.36 bits per heavy atom. The lowest BCUT2D eigenvalue weighted by molar-refractivity contribution is 0.297. The van der Waals surface area contributed by atoms with Crippen LogP contribution in [-0.4, -0.2) is 11.7 Å². The quantitative estimate of drug-likeness (QED) is 0.751. The molecule has 0 spiro atoms. The number of hydrogen-bond donors (Lipinski definition) is 2. The molecule has 0 radical (unpaired) electrons. The molecule has 1 atom stereocenters. The second kappa shape index (κ2) is 4.14. The number of benzene rings is 1. The van der Waals surface area contributed by atoms with Crippen LogP contribution in [0.3, 0.4) is 0 Å². The van der Waals surface area contributed by atoms with E-state index in [1.165, 1.54) is 0 Å². The third-order valence-electron chi connectivity index (χ3n) is 1.43. The van der Waals surface area contributed by atoms with Gasteiger partial charge in [0.25, 0.3) is 0 Å². The highest BCUT2D eigenvalue weighted by molar-refractivity contribution is 9.10. The van der Waals surface area contributed by atoms with Crippen molar-refractivity contribution in [3.05, 3.63) is 34.3 Å². The van der Waals surface area contributed by atoms with Gasteiger partial charge >= 0.3 is 0 Å². The van der Waals surface area contributed by atoms with Crippen molar-refractivity contribution in [2.75, 3.05) is 6.61 Å². The molecule has 0 aliphatic heterocycles. The molecule has 0 aromatic heterocycles. The molecular formula is C8H9BrOS. The largest absolute Gasteiger partial charge is 0.395 e. The molecule has 1 aromatic carbocycles. The van der Waals surface area contributed by atoms with Gasteiger partial charge in [-0.2, -0.15) is 12.6 Å². The Morgan fingerprint density at radius 1 is 1.36 bits per heavy atom. The maximum atomic E-state index is 8.77. The minimum atomic E-state index is -0.0666. The van der Waals surface area contributed by atoms with Crippen LogP contribution in [0.25, 0.3) is 0 Å². The number of thiol groups is 1. The third-order valence-corrected chi connectivity index (χ3v) is 2.42. The van der Waals surface area contributed by atoms with Crippen LogP contribution in [0.1, 0.15) is 10.8 Å². The molecule has 0 bridgehead atoms. The molecule has 1 aromatic rings. The van der Waals surface area contributed by atoms with Gasteiger partial charge in [0.15, 0.2) is 0 Å². The highest BCUT2D eigenvalue weighted by Gasteiger charge is 2.02. The lowest BCUT2D eigenvalue weighted by Crippen LogP contribution is -1.94. The van der Waals surface area contributed by atoms with Gasteiger partial charge in [-0.25, -0.2) is 0 Å². The summed E-state index contributed by atoms with van der Waals surface area (Å²) >= 11 is 7.52. The Kier molecular flexibility index (Phi) is 3.43. The van der Waals surface area contributed by atoms with Crippen molar-refractivity contribution in [3.63, 3.8) is 0 Å². The van der Waals surface area contributed by atoms with Crippen molar-refractivity contribution in [2.24, 2.45) is 0 Å². The average Bonchev–Trinajstić information content (AvgIpc) is 2.05. The zero-order valence-corrected chi connectivity index (χ0v) is 8.35. The van der Waals surface area contributed by atoms with Crippen molar-refractivity contribution in [2.45, 2.75) is 5.25 Å². The van der Waals surface area contributed by atoms with E-state index >= 15 is 0 Å². The van der Waals surface area contributed by atoms with Crippen molar-refractivity contribution >= 4 is 28.6 Å². The summed E-state index contributed by atoms with van der Waals surface area (Å²) in [6, 6.07) is 7.76. The topological polar surface area (TPSA) is 20.2 Å². The Hall–Kier alpha value is 0.01000. The van der Waals surface area contributed by atoms with Crippen LogP contribution >= 0.6 is 28.6 Å². The summed E-state index contributed by atoms with van der Waals surface area (Å²) in [6.45, 7) is 0.0742. The van der Waals surface area contributed by atoms with Gasteiger partial charge < -0.3 is 5.11 Å². The van der Waals surface area contributed by atoms with Gasteiger partial charge in [0.1, 0.15) is 0 Å². The standard InChI is InChI=1S/C8H9BrOS/c9-7-3-1-6(2-4-7)8(11)5-10/h1-4,8,10-11H,5H2. The first-order chi connectivity index (χ1) is 5.24. The van der Waals surface area contributed by atoms with Gasteiger partial charge in [-0.05, 0) is 17.7 Å². The first-order valence-corrected chi connectivity index (χ1v) is 4.59. The van der Waals surface area contributed by atoms with E-state index in [1.54, 1.807) is 0 Å². The molecule has 1 nitrogen and oxygen atoms in total. The predicted octanol–water partition coefficient (Wildman–Crippen LogP) is 2.41. The molecule has 0 fully saturated rings. The fourth-order valence-electron chi connectivity index (χ4n) is 0.790. The van der Waals surface area contributed by atoms with E-state index in [0.717, 1.165) is 10.0 Å². The van der Waals surface area contributed by atoms with Crippen molar-refractivity contribution in [3.8, 4) is 0 Å². The van der Waals surface area contributed by atoms with Gasteiger partial charge in [0.05, 0.1) is 6.61 Å². The average molecular weight is 233 g/mol. The Bertz CT molecular complexity index is 222. The van der Waals surface area contributed by atoms with Gasteiger partial charge in [0, 0.05) is 9.72 Å². The molecular weight excluding hydrogens is 224 g/mol.